The van der Waals surface area contributed by atoms with Crippen LogP contribution in [0.5, 0.6) is 0 Å². The predicted octanol–water partition coefficient (Wildman–Crippen LogP) is 4.14. The van der Waals surface area contributed by atoms with Crippen molar-refractivity contribution in [3.8, 4) is 0 Å². The Morgan fingerprint density at radius 3 is 2.44 bits per heavy atom. The molecule has 6 nitrogen and oxygen atoms in total. The van der Waals surface area contributed by atoms with Gasteiger partial charge < -0.3 is 9.73 Å². The normalized spacial score (nSPS) is 15.1. The number of oxazole rings is 1. The van der Waals surface area contributed by atoms with E-state index in [1.165, 1.54) is 12.3 Å². The molecule has 0 aliphatic carbocycles. The second-order valence-electron chi connectivity index (χ2n) is 8.20. The molecule has 1 amide bonds. The maximum Gasteiger partial charge on any atom is 0.277 e. The van der Waals surface area contributed by atoms with Crippen LogP contribution in [0.3, 0.4) is 0 Å². The molecule has 4 rings (SSSR count). The second-order valence-corrected chi connectivity index (χ2v) is 8.20. The monoisotopic (exact) mass is 440 g/mol. The first-order chi connectivity index (χ1) is 15.4. The van der Waals surface area contributed by atoms with Crippen LogP contribution in [0.1, 0.15) is 33.1 Å². The molecule has 1 aliphatic rings. The van der Waals surface area contributed by atoms with Gasteiger partial charge in [0.05, 0.1) is 6.54 Å². The molecule has 3 aromatic rings. The van der Waals surface area contributed by atoms with Gasteiger partial charge in [0, 0.05) is 38.4 Å². The van der Waals surface area contributed by atoms with Crippen LogP contribution in [0.25, 0.3) is 0 Å². The largest absolute Gasteiger partial charge is 0.447 e. The van der Waals surface area contributed by atoms with Crippen LogP contribution >= 0.6 is 0 Å². The summed E-state index contributed by atoms with van der Waals surface area (Å²) in [5.41, 5.74) is 3.81. The molecule has 32 heavy (non-hydrogen) atoms. The van der Waals surface area contributed by atoms with E-state index in [4.69, 9.17) is 4.42 Å². The lowest BCUT2D eigenvalue weighted by atomic mass is 10.1. The van der Waals surface area contributed by atoms with Gasteiger partial charge in [-0.15, -0.1) is 0 Å². The number of benzene rings is 2. The number of rotatable bonds is 6. The summed E-state index contributed by atoms with van der Waals surface area (Å²) in [7, 11) is 0. The highest BCUT2D eigenvalue weighted by molar-refractivity contribution is 6.03. The van der Waals surface area contributed by atoms with E-state index in [1.54, 1.807) is 6.07 Å². The molecule has 0 bridgehead atoms. The average Bonchev–Trinajstić information content (AvgIpc) is 3.23. The van der Waals surface area contributed by atoms with Crippen LogP contribution in [0.15, 0.2) is 47.1 Å². The van der Waals surface area contributed by atoms with Crippen molar-refractivity contribution >= 4 is 11.6 Å². The van der Waals surface area contributed by atoms with Gasteiger partial charge in [0.2, 0.25) is 5.89 Å². The van der Waals surface area contributed by atoms with Crippen molar-refractivity contribution < 1.29 is 18.0 Å². The van der Waals surface area contributed by atoms with Crippen LogP contribution in [0.4, 0.5) is 14.5 Å². The van der Waals surface area contributed by atoms with Gasteiger partial charge in [0.25, 0.3) is 5.91 Å². The highest BCUT2D eigenvalue weighted by Crippen LogP contribution is 2.18. The van der Waals surface area contributed by atoms with E-state index in [-0.39, 0.29) is 11.6 Å². The molecule has 1 N–H and O–H groups in total. The van der Waals surface area contributed by atoms with Gasteiger partial charge in [-0.3, -0.25) is 14.6 Å². The zero-order chi connectivity index (χ0) is 22.7. The molecular formula is C24H26F2N4O2. The third kappa shape index (κ3) is 5.38. The number of anilines is 1. The first-order valence-corrected chi connectivity index (χ1v) is 10.6. The fourth-order valence-electron chi connectivity index (χ4n) is 3.74. The number of nitrogens with one attached hydrogen (secondary N) is 1. The summed E-state index contributed by atoms with van der Waals surface area (Å²) in [6.45, 7) is 8.16. The number of carbonyl (C=O) groups excluding carboxylic acids is 1. The van der Waals surface area contributed by atoms with Gasteiger partial charge in [0.1, 0.15) is 6.26 Å². The van der Waals surface area contributed by atoms with Gasteiger partial charge in [-0.05, 0) is 48.7 Å². The summed E-state index contributed by atoms with van der Waals surface area (Å²) in [5, 5.41) is 2.89. The van der Waals surface area contributed by atoms with E-state index in [1.807, 2.05) is 32.0 Å². The van der Waals surface area contributed by atoms with E-state index in [9.17, 15) is 13.6 Å². The third-order valence-corrected chi connectivity index (χ3v) is 5.64. The minimum atomic E-state index is -0.827. The Labute approximate surface area is 185 Å². The number of aryl methyl sites for hydroxylation is 2. The number of hydrogen-bond acceptors (Lipinski definition) is 5. The third-order valence-electron chi connectivity index (χ3n) is 5.64. The van der Waals surface area contributed by atoms with Crippen LogP contribution in [-0.4, -0.2) is 46.9 Å². The van der Waals surface area contributed by atoms with Crippen LogP contribution in [-0.2, 0) is 13.1 Å². The lowest BCUT2D eigenvalue weighted by Gasteiger charge is -2.34. The zero-order valence-corrected chi connectivity index (χ0v) is 18.2. The van der Waals surface area contributed by atoms with Crippen LogP contribution in [0.2, 0.25) is 0 Å². The van der Waals surface area contributed by atoms with Gasteiger partial charge in [-0.1, -0.05) is 18.2 Å². The second kappa shape index (κ2) is 9.58. The Morgan fingerprint density at radius 2 is 1.72 bits per heavy atom. The Balaban J connectivity index is 1.28. The molecule has 0 unspecified atom stereocenters. The number of nitrogens with zero attached hydrogens (tertiary/aromatic N) is 3. The molecule has 1 aliphatic heterocycles. The van der Waals surface area contributed by atoms with Crippen LogP contribution in [0, 0.1) is 25.5 Å². The number of aromatic nitrogens is 1. The van der Waals surface area contributed by atoms with Gasteiger partial charge >= 0.3 is 0 Å². The summed E-state index contributed by atoms with van der Waals surface area (Å²) >= 11 is 0. The van der Waals surface area contributed by atoms with E-state index in [0.29, 0.717) is 19.0 Å². The molecular weight excluding hydrogens is 414 g/mol. The minimum Gasteiger partial charge on any atom is -0.447 e. The van der Waals surface area contributed by atoms with Gasteiger partial charge in [-0.2, -0.15) is 0 Å². The Kier molecular flexibility index (Phi) is 6.62. The predicted molar refractivity (Wildman–Crippen MR) is 117 cm³/mol. The maximum atomic E-state index is 13.4. The van der Waals surface area contributed by atoms with Gasteiger partial charge in [-0.25, -0.2) is 13.8 Å². The summed E-state index contributed by atoms with van der Waals surface area (Å²) < 4.78 is 32.0. The standard InChI is InChI=1S/C24H26F2N4O2/c1-16-3-4-17(2)21(11-16)28-24(31)22-15-32-23(27-22)14-30-9-7-29(8-10-30)13-18-5-6-19(25)20(26)12-18/h3-6,11-12,15H,7-10,13-14H2,1-2H3,(H,28,31). The Morgan fingerprint density at radius 1 is 1.00 bits per heavy atom. The summed E-state index contributed by atoms with van der Waals surface area (Å²) in [6.07, 6.45) is 1.38. The zero-order valence-electron chi connectivity index (χ0n) is 18.2. The fraction of sp³-hybridized carbons (Fsp3) is 0.333. The average molecular weight is 440 g/mol. The van der Waals surface area contributed by atoms with Crippen molar-refractivity contribution in [3.63, 3.8) is 0 Å². The summed E-state index contributed by atoms with van der Waals surface area (Å²) in [6, 6.07) is 9.91. The molecule has 2 heterocycles. The molecule has 8 heteroatoms. The van der Waals surface area contributed by atoms with Crippen molar-refractivity contribution in [2.24, 2.45) is 0 Å². The smallest absolute Gasteiger partial charge is 0.277 e. The molecule has 1 saturated heterocycles. The molecule has 168 valence electrons. The summed E-state index contributed by atoms with van der Waals surface area (Å²) in [5.74, 6) is -1.45. The molecule has 0 spiro atoms. The van der Waals surface area contributed by atoms with E-state index in [2.05, 4.69) is 20.1 Å². The minimum absolute atomic E-state index is 0.248. The first kappa shape index (κ1) is 22.1. The van der Waals surface area contributed by atoms with E-state index >= 15 is 0 Å². The van der Waals surface area contributed by atoms with Crippen LogP contribution < -0.4 is 5.32 Å². The quantitative estimate of drug-likeness (QED) is 0.624. The highest BCUT2D eigenvalue weighted by atomic mass is 19.2. The molecule has 0 atom stereocenters. The lowest BCUT2D eigenvalue weighted by Crippen LogP contribution is -2.45. The van der Waals surface area contributed by atoms with Gasteiger partial charge in [0.15, 0.2) is 17.3 Å². The number of halogens is 2. The molecule has 1 fully saturated rings. The SMILES string of the molecule is Cc1ccc(C)c(NC(=O)c2coc(CN3CCN(Cc4ccc(F)c(F)c4)CC3)n2)c1. The number of piperazine rings is 1. The van der Waals surface area contributed by atoms with E-state index < -0.39 is 11.6 Å². The Hall–Kier alpha value is -3.10. The maximum absolute atomic E-state index is 13.4. The van der Waals surface area contributed by atoms with E-state index in [0.717, 1.165) is 54.6 Å². The molecule has 1 aromatic heterocycles. The number of hydrogen-bond donors (Lipinski definition) is 1. The number of amides is 1. The Bertz CT molecular complexity index is 1110. The van der Waals surface area contributed by atoms with Crippen molar-refractivity contribution in [3.05, 3.63) is 82.6 Å². The summed E-state index contributed by atoms with van der Waals surface area (Å²) in [4.78, 5) is 21.3. The molecule has 2 aromatic carbocycles. The van der Waals surface area contributed by atoms with Crippen molar-refractivity contribution in [1.82, 2.24) is 14.8 Å². The lowest BCUT2D eigenvalue weighted by molar-refractivity contribution is 0.102. The van der Waals surface area contributed by atoms with Crippen molar-refractivity contribution in [2.45, 2.75) is 26.9 Å². The topological polar surface area (TPSA) is 61.6 Å². The number of carbonyl (C=O) groups is 1. The van der Waals surface area contributed by atoms with Crippen molar-refractivity contribution in [1.29, 1.82) is 0 Å². The van der Waals surface area contributed by atoms with Crippen molar-refractivity contribution in [2.75, 3.05) is 31.5 Å². The molecule has 0 radical (unpaired) electrons. The molecule has 0 saturated carbocycles. The highest BCUT2D eigenvalue weighted by Gasteiger charge is 2.20. The first-order valence-electron chi connectivity index (χ1n) is 10.6. The fourth-order valence-corrected chi connectivity index (χ4v) is 3.74.